The van der Waals surface area contributed by atoms with Gasteiger partial charge < -0.3 is 9.84 Å². The van der Waals surface area contributed by atoms with Crippen LogP contribution in [0.25, 0.3) is 0 Å². The van der Waals surface area contributed by atoms with Gasteiger partial charge in [-0.25, -0.2) is 0 Å². The Hall–Kier alpha value is -1.05. The van der Waals surface area contributed by atoms with Crippen LogP contribution in [0.5, 0.6) is 5.75 Å². The van der Waals surface area contributed by atoms with Crippen molar-refractivity contribution < 1.29 is 9.84 Å². The van der Waals surface area contributed by atoms with Crippen LogP contribution in [0.15, 0.2) is 22.7 Å². The summed E-state index contributed by atoms with van der Waals surface area (Å²) in [6, 6.07) is 7.54. The lowest BCUT2D eigenvalue weighted by Crippen LogP contribution is -2.00. The normalized spacial score (nSPS) is 9.67. The summed E-state index contributed by atoms with van der Waals surface area (Å²) in [5.74, 6) is 0.679. The summed E-state index contributed by atoms with van der Waals surface area (Å²) >= 11 is 3.32. The number of halogens is 1. The molecule has 4 heteroatoms. The molecule has 0 bridgehead atoms. The summed E-state index contributed by atoms with van der Waals surface area (Å²) < 4.78 is 6.37. The fourth-order valence-electron chi connectivity index (χ4n) is 1.15. The molecule has 0 saturated heterocycles. The second-order valence-corrected chi connectivity index (χ2v) is 3.94. The van der Waals surface area contributed by atoms with E-state index in [2.05, 4.69) is 22.0 Å². The highest BCUT2D eigenvalue weighted by molar-refractivity contribution is 9.10. The predicted octanol–water partition coefficient (Wildman–Crippen LogP) is 2.62. The number of ether oxygens (including phenoxy) is 1. The molecular weight excluding hydrogens is 258 g/mol. The molecule has 0 aliphatic rings. The number of aliphatic hydroxyl groups is 1. The van der Waals surface area contributed by atoms with Gasteiger partial charge in [0.15, 0.2) is 0 Å². The second-order valence-electron chi connectivity index (χ2n) is 3.02. The van der Waals surface area contributed by atoms with Crippen molar-refractivity contribution >= 4 is 15.9 Å². The molecular formula is C11H12BrNO2. The van der Waals surface area contributed by atoms with Crippen LogP contribution >= 0.6 is 15.9 Å². The van der Waals surface area contributed by atoms with E-state index in [4.69, 9.17) is 15.1 Å². The highest BCUT2D eigenvalue weighted by Crippen LogP contribution is 2.23. The van der Waals surface area contributed by atoms with Crippen molar-refractivity contribution in [1.82, 2.24) is 0 Å². The van der Waals surface area contributed by atoms with Crippen molar-refractivity contribution in [1.29, 1.82) is 5.26 Å². The Balaban J connectivity index is 2.57. The zero-order valence-electron chi connectivity index (χ0n) is 8.24. The van der Waals surface area contributed by atoms with Gasteiger partial charge in [-0.15, -0.1) is 0 Å². The van der Waals surface area contributed by atoms with E-state index >= 15 is 0 Å². The molecule has 1 aromatic carbocycles. The molecule has 0 aliphatic carbocycles. The Morgan fingerprint density at radius 3 is 2.93 bits per heavy atom. The SMILES string of the molecule is N#CCCCOc1ccc(Br)cc1CO. The van der Waals surface area contributed by atoms with Crippen LogP contribution in [0.2, 0.25) is 0 Å². The third kappa shape index (κ3) is 3.90. The number of aliphatic hydroxyl groups excluding tert-OH is 1. The zero-order chi connectivity index (χ0) is 11.1. The van der Waals surface area contributed by atoms with Crippen LogP contribution in [-0.4, -0.2) is 11.7 Å². The summed E-state index contributed by atoms with van der Waals surface area (Å²) in [5, 5.41) is 17.4. The Morgan fingerprint density at radius 2 is 2.27 bits per heavy atom. The van der Waals surface area contributed by atoms with Crippen LogP contribution in [0, 0.1) is 11.3 Å². The maximum absolute atomic E-state index is 9.09. The van der Waals surface area contributed by atoms with E-state index in [-0.39, 0.29) is 6.61 Å². The van der Waals surface area contributed by atoms with Gasteiger partial charge in [-0.05, 0) is 24.6 Å². The molecule has 0 spiro atoms. The van der Waals surface area contributed by atoms with Crippen molar-refractivity contribution in [2.75, 3.05) is 6.61 Å². The third-order valence-electron chi connectivity index (χ3n) is 1.88. The monoisotopic (exact) mass is 269 g/mol. The number of nitrogens with zero attached hydrogens (tertiary/aromatic N) is 1. The molecule has 0 heterocycles. The largest absolute Gasteiger partial charge is 0.493 e. The third-order valence-corrected chi connectivity index (χ3v) is 2.38. The van der Waals surface area contributed by atoms with E-state index in [0.29, 0.717) is 25.2 Å². The fourth-order valence-corrected chi connectivity index (χ4v) is 1.55. The van der Waals surface area contributed by atoms with E-state index < -0.39 is 0 Å². The van der Waals surface area contributed by atoms with Gasteiger partial charge in [0.2, 0.25) is 0 Å². The van der Waals surface area contributed by atoms with Gasteiger partial charge in [-0.1, -0.05) is 15.9 Å². The molecule has 1 rings (SSSR count). The molecule has 0 saturated carbocycles. The standard InChI is InChI=1S/C11H12BrNO2/c12-10-3-4-11(9(7-10)8-14)15-6-2-1-5-13/h3-4,7,14H,1-2,6,8H2. The molecule has 0 amide bonds. The quantitative estimate of drug-likeness (QED) is 0.837. The van der Waals surface area contributed by atoms with Gasteiger partial charge >= 0.3 is 0 Å². The lowest BCUT2D eigenvalue weighted by atomic mass is 10.2. The number of hydrogen-bond donors (Lipinski definition) is 1. The van der Waals surface area contributed by atoms with Crippen LogP contribution in [0.1, 0.15) is 18.4 Å². The summed E-state index contributed by atoms with van der Waals surface area (Å²) in [5.41, 5.74) is 0.751. The molecule has 0 aromatic heterocycles. The first-order valence-electron chi connectivity index (χ1n) is 4.67. The molecule has 1 N–H and O–H groups in total. The molecule has 15 heavy (non-hydrogen) atoms. The lowest BCUT2D eigenvalue weighted by molar-refractivity contribution is 0.261. The fraction of sp³-hybridized carbons (Fsp3) is 0.364. The number of hydrogen-bond acceptors (Lipinski definition) is 3. The van der Waals surface area contributed by atoms with Gasteiger partial charge in [0.25, 0.3) is 0 Å². The molecule has 1 aromatic rings. The Kier molecular flexibility index (Phi) is 5.16. The number of rotatable bonds is 5. The van der Waals surface area contributed by atoms with Gasteiger partial charge in [-0.2, -0.15) is 5.26 Å². The Labute approximate surface area is 97.4 Å². The summed E-state index contributed by atoms with van der Waals surface area (Å²) in [6.07, 6.45) is 1.20. The first kappa shape index (κ1) is 12.0. The molecule has 0 radical (unpaired) electrons. The first-order valence-corrected chi connectivity index (χ1v) is 5.46. The second kappa shape index (κ2) is 6.44. The maximum Gasteiger partial charge on any atom is 0.124 e. The van der Waals surface area contributed by atoms with Crippen LogP contribution in [0.4, 0.5) is 0 Å². The van der Waals surface area contributed by atoms with Crippen LogP contribution < -0.4 is 4.74 Å². The van der Waals surface area contributed by atoms with Crippen molar-refractivity contribution in [3.63, 3.8) is 0 Å². The summed E-state index contributed by atoms with van der Waals surface area (Å²) in [6.45, 7) is 0.454. The topological polar surface area (TPSA) is 53.2 Å². The summed E-state index contributed by atoms with van der Waals surface area (Å²) in [4.78, 5) is 0. The van der Waals surface area contributed by atoms with Crippen molar-refractivity contribution in [2.45, 2.75) is 19.4 Å². The molecule has 0 aliphatic heterocycles. The zero-order valence-corrected chi connectivity index (χ0v) is 9.83. The number of benzene rings is 1. The summed E-state index contributed by atoms with van der Waals surface area (Å²) in [7, 11) is 0. The minimum Gasteiger partial charge on any atom is -0.493 e. The molecule has 0 fully saturated rings. The van der Waals surface area contributed by atoms with Crippen LogP contribution in [0.3, 0.4) is 0 Å². The smallest absolute Gasteiger partial charge is 0.124 e. The Bertz CT molecular complexity index is 360. The van der Waals surface area contributed by atoms with E-state index in [1.165, 1.54) is 0 Å². The van der Waals surface area contributed by atoms with Crippen LogP contribution in [-0.2, 0) is 6.61 Å². The van der Waals surface area contributed by atoms with Crippen molar-refractivity contribution in [2.24, 2.45) is 0 Å². The van der Waals surface area contributed by atoms with Crippen molar-refractivity contribution in [3.05, 3.63) is 28.2 Å². The van der Waals surface area contributed by atoms with Gasteiger partial charge in [0.1, 0.15) is 5.75 Å². The van der Waals surface area contributed by atoms with E-state index in [0.717, 1.165) is 10.0 Å². The van der Waals surface area contributed by atoms with Gasteiger partial charge in [0.05, 0.1) is 19.3 Å². The minimum atomic E-state index is -0.0486. The average Bonchev–Trinajstić information content (AvgIpc) is 2.26. The first-order chi connectivity index (χ1) is 7.27. The Morgan fingerprint density at radius 1 is 1.47 bits per heavy atom. The molecule has 3 nitrogen and oxygen atoms in total. The molecule has 80 valence electrons. The maximum atomic E-state index is 9.09. The van der Waals surface area contributed by atoms with E-state index in [1.807, 2.05) is 18.2 Å². The number of unbranched alkanes of at least 4 members (excludes halogenated alkanes) is 1. The van der Waals surface area contributed by atoms with Gasteiger partial charge in [-0.3, -0.25) is 0 Å². The van der Waals surface area contributed by atoms with E-state index in [1.54, 1.807) is 0 Å². The van der Waals surface area contributed by atoms with Gasteiger partial charge in [0, 0.05) is 16.5 Å². The average molecular weight is 270 g/mol. The van der Waals surface area contributed by atoms with E-state index in [9.17, 15) is 0 Å². The van der Waals surface area contributed by atoms with Crippen molar-refractivity contribution in [3.8, 4) is 11.8 Å². The number of nitriles is 1. The molecule has 0 unspecified atom stereocenters. The minimum absolute atomic E-state index is 0.0486. The highest BCUT2D eigenvalue weighted by atomic mass is 79.9. The molecule has 0 atom stereocenters. The lowest BCUT2D eigenvalue weighted by Gasteiger charge is -2.09. The predicted molar refractivity (Wildman–Crippen MR) is 60.4 cm³/mol. The highest BCUT2D eigenvalue weighted by Gasteiger charge is 2.03.